The van der Waals surface area contributed by atoms with Crippen LogP contribution in [0.25, 0.3) is 21.9 Å². The highest BCUT2D eigenvalue weighted by molar-refractivity contribution is 6.62. The van der Waals surface area contributed by atoms with Crippen molar-refractivity contribution in [2.24, 2.45) is 0 Å². The largest absolute Gasteiger partial charge is 0.494 e. The molecule has 0 unspecified atom stereocenters. The molecule has 1 saturated heterocycles. The molecule has 0 saturated carbocycles. The molecule has 0 radical (unpaired) electrons. The number of rotatable bonds is 5. The standard InChI is InChI=1S/C34H32BNO2/c1-33(2)34(3,4)38-35(37-33)29-18-22-32(23-19-29)36(30-12-6-5-7-13-30)31-20-16-26(17-21-31)28-15-14-25-10-8-9-11-27(25)24-28/h5-24H,1-4H3. The van der Waals surface area contributed by atoms with E-state index in [1.807, 2.05) is 6.07 Å². The van der Waals surface area contributed by atoms with Gasteiger partial charge in [-0.05, 0) is 97.5 Å². The fourth-order valence-corrected chi connectivity index (χ4v) is 4.96. The number of fused-ring (bicyclic) bond motifs is 1. The fourth-order valence-electron chi connectivity index (χ4n) is 4.96. The quantitative estimate of drug-likeness (QED) is 0.228. The van der Waals surface area contributed by atoms with Gasteiger partial charge in [-0.3, -0.25) is 0 Å². The lowest BCUT2D eigenvalue weighted by atomic mass is 9.79. The molecule has 5 aromatic carbocycles. The molecule has 0 N–H and O–H groups in total. The summed E-state index contributed by atoms with van der Waals surface area (Å²) in [5.74, 6) is 0. The van der Waals surface area contributed by atoms with Gasteiger partial charge in [0.1, 0.15) is 0 Å². The van der Waals surface area contributed by atoms with Gasteiger partial charge in [0, 0.05) is 17.1 Å². The SMILES string of the molecule is CC1(C)OB(c2ccc(N(c3ccccc3)c3ccc(-c4ccc5ccccc5c4)cc3)cc2)OC1(C)C. The minimum atomic E-state index is -0.375. The molecule has 4 heteroatoms. The van der Waals surface area contributed by atoms with Gasteiger partial charge in [-0.2, -0.15) is 0 Å². The molecule has 0 aromatic heterocycles. The fraction of sp³-hybridized carbons (Fsp3) is 0.176. The first-order chi connectivity index (χ1) is 18.3. The van der Waals surface area contributed by atoms with Crippen LogP contribution in [0.1, 0.15) is 27.7 Å². The molecule has 188 valence electrons. The average molecular weight is 497 g/mol. The molecular weight excluding hydrogens is 465 g/mol. The predicted molar refractivity (Wildman–Crippen MR) is 160 cm³/mol. The number of benzene rings is 5. The van der Waals surface area contributed by atoms with Gasteiger partial charge in [-0.15, -0.1) is 0 Å². The average Bonchev–Trinajstić information content (AvgIpc) is 3.16. The Kier molecular flexibility index (Phi) is 6.10. The van der Waals surface area contributed by atoms with Gasteiger partial charge in [-0.1, -0.05) is 78.9 Å². The second-order valence-electron chi connectivity index (χ2n) is 11.0. The second-order valence-corrected chi connectivity index (χ2v) is 11.0. The van der Waals surface area contributed by atoms with Crippen LogP contribution in [0.4, 0.5) is 17.1 Å². The minimum absolute atomic E-state index is 0.362. The van der Waals surface area contributed by atoms with Crippen LogP contribution in [0.5, 0.6) is 0 Å². The summed E-state index contributed by atoms with van der Waals surface area (Å²) in [4.78, 5) is 2.28. The maximum Gasteiger partial charge on any atom is 0.494 e. The maximum absolute atomic E-state index is 6.27. The van der Waals surface area contributed by atoms with Gasteiger partial charge < -0.3 is 14.2 Å². The summed E-state index contributed by atoms with van der Waals surface area (Å²) in [5.41, 5.74) is 6.00. The number of hydrogen-bond donors (Lipinski definition) is 0. The zero-order chi connectivity index (χ0) is 26.3. The molecule has 6 rings (SSSR count). The highest BCUT2D eigenvalue weighted by Gasteiger charge is 2.51. The molecule has 0 aliphatic carbocycles. The topological polar surface area (TPSA) is 21.7 Å². The Morgan fingerprint density at radius 1 is 0.500 bits per heavy atom. The van der Waals surface area contributed by atoms with Crippen molar-refractivity contribution in [2.75, 3.05) is 4.90 Å². The van der Waals surface area contributed by atoms with Crippen LogP contribution in [0.15, 0.2) is 121 Å². The predicted octanol–water partition coefficient (Wildman–Crippen LogP) is 8.28. The first kappa shape index (κ1) is 24.5. The molecular formula is C34H32BNO2. The highest BCUT2D eigenvalue weighted by Crippen LogP contribution is 2.38. The number of anilines is 3. The molecule has 3 nitrogen and oxygen atoms in total. The molecule has 0 amide bonds. The summed E-state index contributed by atoms with van der Waals surface area (Å²) < 4.78 is 12.5. The highest BCUT2D eigenvalue weighted by atomic mass is 16.7. The lowest BCUT2D eigenvalue weighted by molar-refractivity contribution is 0.00578. The van der Waals surface area contributed by atoms with Crippen molar-refractivity contribution in [3.63, 3.8) is 0 Å². The van der Waals surface area contributed by atoms with E-state index in [1.54, 1.807) is 0 Å². The van der Waals surface area contributed by atoms with Gasteiger partial charge in [0.2, 0.25) is 0 Å². The van der Waals surface area contributed by atoms with Gasteiger partial charge in [0.15, 0.2) is 0 Å². The van der Waals surface area contributed by atoms with Crippen LogP contribution < -0.4 is 10.4 Å². The Bertz CT molecular complexity index is 1540. The molecule has 1 fully saturated rings. The van der Waals surface area contributed by atoms with Crippen molar-refractivity contribution in [1.82, 2.24) is 0 Å². The summed E-state index contributed by atoms with van der Waals surface area (Å²) >= 11 is 0. The molecule has 0 bridgehead atoms. The Hall–Kier alpha value is -3.86. The summed E-state index contributed by atoms with van der Waals surface area (Å²) in [6.07, 6.45) is 0. The van der Waals surface area contributed by atoms with Crippen LogP contribution in [0, 0.1) is 0 Å². The Balaban J connectivity index is 1.32. The van der Waals surface area contributed by atoms with E-state index in [2.05, 4.69) is 148 Å². The lowest BCUT2D eigenvalue weighted by Crippen LogP contribution is -2.41. The first-order valence-electron chi connectivity index (χ1n) is 13.2. The third kappa shape index (κ3) is 4.51. The van der Waals surface area contributed by atoms with Crippen LogP contribution in [-0.2, 0) is 9.31 Å². The normalized spacial score (nSPS) is 16.1. The van der Waals surface area contributed by atoms with Crippen molar-refractivity contribution in [1.29, 1.82) is 0 Å². The summed E-state index contributed by atoms with van der Waals surface area (Å²) in [6, 6.07) is 42.9. The molecule has 5 aromatic rings. The molecule has 38 heavy (non-hydrogen) atoms. The number of hydrogen-bond acceptors (Lipinski definition) is 3. The van der Waals surface area contributed by atoms with Crippen LogP contribution in [0.2, 0.25) is 0 Å². The van der Waals surface area contributed by atoms with E-state index in [0.717, 1.165) is 22.5 Å². The van der Waals surface area contributed by atoms with Crippen LogP contribution >= 0.6 is 0 Å². The van der Waals surface area contributed by atoms with Crippen molar-refractivity contribution in [2.45, 2.75) is 38.9 Å². The van der Waals surface area contributed by atoms with E-state index in [4.69, 9.17) is 9.31 Å². The van der Waals surface area contributed by atoms with E-state index >= 15 is 0 Å². The zero-order valence-electron chi connectivity index (χ0n) is 22.4. The molecule has 1 heterocycles. The minimum Gasteiger partial charge on any atom is -0.399 e. The number of para-hydroxylation sites is 1. The third-order valence-corrected chi connectivity index (χ3v) is 7.90. The van der Waals surface area contributed by atoms with E-state index in [9.17, 15) is 0 Å². The van der Waals surface area contributed by atoms with Crippen LogP contribution in [0.3, 0.4) is 0 Å². The van der Waals surface area contributed by atoms with E-state index in [1.165, 1.54) is 21.9 Å². The Morgan fingerprint density at radius 2 is 1.00 bits per heavy atom. The van der Waals surface area contributed by atoms with Gasteiger partial charge in [0.05, 0.1) is 11.2 Å². The van der Waals surface area contributed by atoms with Crippen molar-refractivity contribution in [3.05, 3.63) is 121 Å². The Morgan fingerprint density at radius 3 is 1.63 bits per heavy atom. The summed E-state index contributed by atoms with van der Waals surface area (Å²) in [7, 11) is -0.375. The van der Waals surface area contributed by atoms with Crippen molar-refractivity contribution in [3.8, 4) is 11.1 Å². The third-order valence-electron chi connectivity index (χ3n) is 7.90. The maximum atomic E-state index is 6.27. The van der Waals surface area contributed by atoms with E-state index in [-0.39, 0.29) is 18.3 Å². The van der Waals surface area contributed by atoms with Gasteiger partial charge >= 0.3 is 7.12 Å². The van der Waals surface area contributed by atoms with Gasteiger partial charge in [-0.25, -0.2) is 0 Å². The van der Waals surface area contributed by atoms with Crippen molar-refractivity contribution >= 4 is 40.4 Å². The van der Waals surface area contributed by atoms with Crippen LogP contribution in [-0.4, -0.2) is 18.3 Å². The monoisotopic (exact) mass is 497 g/mol. The lowest BCUT2D eigenvalue weighted by Gasteiger charge is -2.32. The molecule has 1 aliphatic rings. The molecule has 0 spiro atoms. The second kappa shape index (κ2) is 9.47. The van der Waals surface area contributed by atoms with E-state index < -0.39 is 0 Å². The van der Waals surface area contributed by atoms with Gasteiger partial charge in [0.25, 0.3) is 0 Å². The van der Waals surface area contributed by atoms with E-state index in [0.29, 0.717) is 0 Å². The summed E-state index contributed by atoms with van der Waals surface area (Å²) in [6.45, 7) is 8.33. The Labute approximate surface area is 225 Å². The molecule has 0 atom stereocenters. The molecule has 1 aliphatic heterocycles. The van der Waals surface area contributed by atoms with Crippen molar-refractivity contribution < 1.29 is 9.31 Å². The summed E-state index contributed by atoms with van der Waals surface area (Å²) in [5, 5.41) is 2.51. The zero-order valence-corrected chi connectivity index (χ0v) is 22.4. The first-order valence-corrected chi connectivity index (χ1v) is 13.2. The smallest absolute Gasteiger partial charge is 0.399 e. The number of nitrogens with zero attached hydrogens (tertiary/aromatic N) is 1.